The zero-order valence-corrected chi connectivity index (χ0v) is 8.93. The van der Waals surface area contributed by atoms with Gasteiger partial charge in [-0.2, -0.15) is 5.26 Å². The first-order chi connectivity index (χ1) is 7.79. The van der Waals surface area contributed by atoms with E-state index in [1.165, 1.54) is 12.4 Å². The fourth-order valence-corrected chi connectivity index (χ4v) is 1.93. The van der Waals surface area contributed by atoms with E-state index in [4.69, 9.17) is 5.26 Å². The van der Waals surface area contributed by atoms with E-state index in [0.29, 0.717) is 11.5 Å². The SMILES string of the molecule is N#Cc1cnc(NC2CCCCC2O)cn1. The van der Waals surface area contributed by atoms with E-state index in [0.717, 1.165) is 25.7 Å². The Kier molecular flexibility index (Phi) is 3.32. The van der Waals surface area contributed by atoms with Crippen LogP contribution in [0.5, 0.6) is 0 Å². The summed E-state index contributed by atoms with van der Waals surface area (Å²) >= 11 is 0. The highest BCUT2D eigenvalue weighted by Gasteiger charge is 2.22. The molecule has 1 aliphatic rings. The van der Waals surface area contributed by atoms with Crippen molar-refractivity contribution in [2.75, 3.05) is 5.32 Å². The molecule has 1 saturated carbocycles. The number of nitrogens with zero attached hydrogens (tertiary/aromatic N) is 3. The molecule has 0 bridgehead atoms. The lowest BCUT2D eigenvalue weighted by Gasteiger charge is -2.28. The van der Waals surface area contributed by atoms with Gasteiger partial charge in [-0.05, 0) is 12.8 Å². The summed E-state index contributed by atoms with van der Waals surface area (Å²) in [6.07, 6.45) is 6.63. The molecule has 2 N–H and O–H groups in total. The van der Waals surface area contributed by atoms with Crippen molar-refractivity contribution < 1.29 is 5.11 Å². The maximum absolute atomic E-state index is 9.77. The lowest BCUT2D eigenvalue weighted by Crippen LogP contribution is -2.36. The Morgan fingerprint density at radius 1 is 1.31 bits per heavy atom. The zero-order valence-electron chi connectivity index (χ0n) is 8.93. The van der Waals surface area contributed by atoms with Gasteiger partial charge >= 0.3 is 0 Å². The van der Waals surface area contributed by atoms with Gasteiger partial charge < -0.3 is 10.4 Å². The number of rotatable bonds is 2. The van der Waals surface area contributed by atoms with Crippen LogP contribution in [0.25, 0.3) is 0 Å². The van der Waals surface area contributed by atoms with Crippen molar-refractivity contribution in [1.29, 1.82) is 5.26 Å². The largest absolute Gasteiger partial charge is 0.391 e. The molecule has 5 nitrogen and oxygen atoms in total. The zero-order chi connectivity index (χ0) is 11.4. The number of aromatic nitrogens is 2. The minimum atomic E-state index is -0.314. The molecule has 0 saturated heterocycles. The molecule has 0 radical (unpaired) electrons. The number of anilines is 1. The van der Waals surface area contributed by atoms with Gasteiger partial charge in [0, 0.05) is 0 Å². The topological polar surface area (TPSA) is 81.8 Å². The lowest BCUT2D eigenvalue weighted by molar-refractivity contribution is 0.116. The van der Waals surface area contributed by atoms with E-state index in [1.54, 1.807) is 0 Å². The highest BCUT2D eigenvalue weighted by atomic mass is 16.3. The van der Waals surface area contributed by atoms with Gasteiger partial charge in [-0.1, -0.05) is 12.8 Å². The number of hydrogen-bond donors (Lipinski definition) is 2. The van der Waals surface area contributed by atoms with Gasteiger partial charge in [0.2, 0.25) is 0 Å². The van der Waals surface area contributed by atoms with Gasteiger partial charge in [-0.15, -0.1) is 0 Å². The van der Waals surface area contributed by atoms with E-state index in [1.807, 2.05) is 6.07 Å². The Morgan fingerprint density at radius 2 is 2.12 bits per heavy atom. The van der Waals surface area contributed by atoms with Crippen LogP contribution in [0, 0.1) is 11.3 Å². The molecule has 2 unspecified atom stereocenters. The third-order valence-corrected chi connectivity index (χ3v) is 2.83. The molecular formula is C11H14N4O. The van der Waals surface area contributed by atoms with E-state index >= 15 is 0 Å². The van der Waals surface area contributed by atoms with Crippen molar-refractivity contribution in [2.45, 2.75) is 37.8 Å². The number of aliphatic hydroxyl groups excluding tert-OH is 1. The molecule has 1 aromatic rings. The van der Waals surface area contributed by atoms with Crippen molar-refractivity contribution in [2.24, 2.45) is 0 Å². The second-order valence-electron chi connectivity index (χ2n) is 4.00. The standard InChI is InChI=1S/C11H14N4O/c12-5-8-6-14-11(7-13-8)15-9-3-1-2-4-10(9)16/h6-7,9-10,16H,1-4H2,(H,14,15). The third-order valence-electron chi connectivity index (χ3n) is 2.83. The Hall–Kier alpha value is -1.67. The van der Waals surface area contributed by atoms with Crippen molar-refractivity contribution in [3.8, 4) is 6.07 Å². The second-order valence-corrected chi connectivity index (χ2v) is 4.00. The molecule has 0 spiro atoms. The molecule has 16 heavy (non-hydrogen) atoms. The molecular weight excluding hydrogens is 204 g/mol. The number of nitriles is 1. The van der Waals surface area contributed by atoms with Crippen molar-refractivity contribution in [1.82, 2.24) is 9.97 Å². The first kappa shape index (κ1) is 10.8. The summed E-state index contributed by atoms with van der Waals surface area (Å²) < 4.78 is 0. The molecule has 2 atom stereocenters. The molecule has 2 rings (SSSR count). The fourth-order valence-electron chi connectivity index (χ4n) is 1.93. The van der Waals surface area contributed by atoms with E-state index in [2.05, 4.69) is 15.3 Å². The van der Waals surface area contributed by atoms with Gasteiger partial charge in [0.25, 0.3) is 0 Å². The van der Waals surface area contributed by atoms with Crippen LogP contribution in [0.4, 0.5) is 5.82 Å². The number of nitrogens with one attached hydrogen (secondary N) is 1. The van der Waals surface area contributed by atoms with Crippen LogP contribution in [0.3, 0.4) is 0 Å². The molecule has 84 valence electrons. The van der Waals surface area contributed by atoms with E-state index in [9.17, 15) is 5.11 Å². The van der Waals surface area contributed by atoms with Crippen LogP contribution in [0.1, 0.15) is 31.4 Å². The quantitative estimate of drug-likeness (QED) is 0.775. The number of aliphatic hydroxyl groups is 1. The van der Waals surface area contributed by atoms with Crippen LogP contribution in [0.2, 0.25) is 0 Å². The molecule has 1 fully saturated rings. The Bertz CT molecular complexity index is 384. The lowest BCUT2D eigenvalue weighted by atomic mass is 9.93. The summed E-state index contributed by atoms with van der Waals surface area (Å²) in [7, 11) is 0. The van der Waals surface area contributed by atoms with Gasteiger partial charge in [0.15, 0.2) is 5.69 Å². The van der Waals surface area contributed by atoms with Gasteiger partial charge in [0.05, 0.1) is 24.5 Å². The molecule has 0 aromatic carbocycles. The normalized spacial score (nSPS) is 24.8. The van der Waals surface area contributed by atoms with Gasteiger partial charge in [0.1, 0.15) is 11.9 Å². The molecule has 1 heterocycles. The molecule has 5 heteroatoms. The molecule has 1 aromatic heterocycles. The molecule has 0 aliphatic heterocycles. The summed E-state index contributed by atoms with van der Waals surface area (Å²) in [5.41, 5.74) is 0.301. The fraction of sp³-hybridized carbons (Fsp3) is 0.545. The molecule has 0 amide bonds. The van der Waals surface area contributed by atoms with Gasteiger partial charge in [-0.25, -0.2) is 9.97 Å². The molecule has 1 aliphatic carbocycles. The van der Waals surface area contributed by atoms with Crippen LogP contribution in [-0.4, -0.2) is 27.2 Å². The van der Waals surface area contributed by atoms with Crippen LogP contribution >= 0.6 is 0 Å². The second kappa shape index (κ2) is 4.90. The summed E-state index contributed by atoms with van der Waals surface area (Å²) in [5, 5.41) is 21.5. The van der Waals surface area contributed by atoms with Crippen molar-refractivity contribution in [3.05, 3.63) is 18.1 Å². The first-order valence-electron chi connectivity index (χ1n) is 5.46. The predicted octanol–water partition coefficient (Wildman–Crippen LogP) is 1.06. The van der Waals surface area contributed by atoms with Crippen molar-refractivity contribution >= 4 is 5.82 Å². The Balaban J connectivity index is 2.00. The first-order valence-corrected chi connectivity index (χ1v) is 5.46. The summed E-state index contributed by atoms with van der Waals surface area (Å²) in [5.74, 6) is 0.616. The third kappa shape index (κ3) is 2.47. The summed E-state index contributed by atoms with van der Waals surface area (Å²) in [4.78, 5) is 7.99. The maximum atomic E-state index is 9.77. The summed E-state index contributed by atoms with van der Waals surface area (Å²) in [6, 6.07) is 1.97. The maximum Gasteiger partial charge on any atom is 0.158 e. The predicted molar refractivity (Wildman–Crippen MR) is 58.6 cm³/mol. The van der Waals surface area contributed by atoms with Crippen LogP contribution in [0.15, 0.2) is 12.4 Å². The Labute approximate surface area is 94.2 Å². The van der Waals surface area contributed by atoms with E-state index < -0.39 is 0 Å². The van der Waals surface area contributed by atoms with Crippen LogP contribution < -0.4 is 5.32 Å². The summed E-state index contributed by atoms with van der Waals surface area (Å²) in [6.45, 7) is 0. The van der Waals surface area contributed by atoms with Crippen LogP contribution in [-0.2, 0) is 0 Å². The van der Waals surface area contributed by atoms with Gasteiger partial charge in [-0.3, -0.25) is 0 Å². The minimum Gasteiger partial charge on any atom is -0.391 e. The highest BCUT2D eigenvalue weighted by molar-refractivity contribution is 5.34. The smallest absolute Gasteiger partial charge is 0.158 e. The van der Waals surface area contributed by atoms with Crippen molar-refractivity contribution in [3.63, 3.8) is 0 Å². The van der Waals surface area contributed by atoms with E-state index in [-0.39, 0.29) is 12.1 Å². The minimum absolute atomic E-state index is 0.0518. The average Bonchev–Trinajstić information content (AvgIpc) is 2.33. The highest BCUT2D eigenvalue weighted by Crippen LogP contribution is 2.21. The average molecular weight is 218 g/mol. The Morgan fingerprint density at radius 3 is 2.75 bits per heavy atom. The number of hydrogen-bond acceptors (Lipinski definition) is 5. The monoisotopic (exact) mass is 218 g/mol.